The van der Waals surface area contributed by atoms with Crippen LogP contribution in [0.3, 0.4) is 0 Å². The van der Waals surface area contributed by atoms with Crippen LogP contribution >= 0.6 is 11.3 Å². The Morgan fingerprint density at radius 2 is 2.13 bits per heavy atom. The largest absolute Gasteiger partial charge is 0.389 e. The Balaban J connectivity index is 1.58. The third-order valence-electron chi connectivity index (χ3n) is 5.55. The van der Waals surface area contributed by atoms with Crippen LogP contribution in [0.1, 0.15) is 33.0 Å². The van der Waals surface area contributed by atoms with Gasteiger partial charge in [0.15, 0.2) is 0 Å². The second-order valence-electron chi connectivity index (χ2n) is 7.59. The van der Waals surface area contributed by atoms with Gasteiger partial charge in [-0.3, -0.25) is 14.5 Å². The molecule has 0 saturated carbocycles. The molecule has 1 aliphatic rings. The van der Waals surface area contributed by atoms with Gasteiger partial charge in [0.2, 0.25) is 5.56 Å². The number of piperidine rings is 1. The quantitative estimate of drug-likeness (QED) is 0.582. The van der Waals surface area contributed by atoms with Crippen LogP contribution in [0, 0.1) is 6.92 Å². The maximum absolute atomic E-state index is 13.0. The van der Waals surface area contributed by atoms with E-state index in [1.54, 1.807) is 11.3 Å². The number of amides is 1. The highest BCUT2D eigenvalue weighted by atomic mass is 32.1. The standard InChI is InChI=1S/C22H24N4O3S/c1-15-24-18(14-30-15)12-26-10-9-22(19(27)13-26,17-5-3-2-4-6-17)25-21(29)16-7-8-20(28)23-11-16/h2-8,11,14,19,27H,9-10,12-13H2,1H3,(H,23,28)(H,25,29)/t19-,22-/m1/s1. The van der Waals surface area contributed by atoms with Crippen molar-refractivity contribution in [1.82, 2.24) is 20.2 Å². The molecule has 3 heterocycles. The lowest BCUT2D eigenvalue weighted by atomic mass is 9.78. The highest BCUT2D eigenvalue weighted by molar-refractivity contribution is 7.09. The zero-order valence-corrected chi connectivity index (χ0v) is 17.5. The van der Waals surface area contributed by atoms with E-state index in [0.717, 1.165) is 16.3 Å². The molecular formula is C22H24N4O3S. The fraction of sp³-hybridized carbons (Fsp3) is 0.318. The Morgan fingerprint density at radius 1 is 1.33 bits per heavy atom. The Morgan fingerprint density at radius 3 is 2.77 bits per heavy atom. The molecule has 0 radical (unpaired) electrons. The molecule has 0 unspecified atom stereocenters. The number of aliphatic hydroxyl groups is 1. The van der Waals surface area contributed by atoms with Crippen molar-refractivity contribution in [2.24, 2.45) is 0 Å². The monoisotopic (exact) mass is 424 g/mol. The van der Waals surface area contributed by atoms with Crippen molar-refractivity contribution in [2.45, 2.75) is 31.5 Å². The van der Waals surface area contributed by atoms with E-state index in [0.29, 0.717) is 31.6 Å². The third-order valence-corrected chi connectivity index (χ3v) is 6.37. The number of benzene rings is 1. The van der Waals surface area contributed by atoms with Crippen molar-refractivity contribution in [2.75, 3.05) is 13.1 Å². The van der Waals surface area contributed by atoms with E-state index in [2.05, 4.69) is 20.2 Å². The summed E-state index contributed by atoms with van der Waals surface area (Å²) in [6.45, 7) is 3.76. The number of carbonyl (C=O) groups is 1. The van der Waals surface area contributed by atoms with Crippen molar-refractivity contribution in [1.29, 1.82) is 0 Å². The highest BCUT2D eigenvalue weighted by Gasteiger charge is 2.45. The zero-order chi connectivity index (χ0) is 21.1. The highest BCUT2D eigenvalue weighted by Crippen LogP contribution is 2.34. The number of rotatable bonds is 5. The number of hydrogen-bond donors (Lipinski definition) is 3. The van der Waals surface area contributed by atoms with Gasteiger partial charge in [-0.05, 0) is 25.0 Å². The Hall–Kier alpha value is -2.81. The number of likely N-dealkylation sites (tertiary alicyclic amines) is 1. The summed E-state index contributed by atoms with van der Waals surface area (Å²) in [4.78, 5) is 33.5. The molecule has 0 bridgehead atoms. The number of nitrogens with zero attached hydrogens (tertiary/aromatic N) is 2. The molecule has 8 heteroatoms. The molecule has 3 aromatic rings. The number of hydrogen-bond acceptors (Lipinski definition) is 6. The minimum atomic E-state index is -0.914. The Bertz CT molecular complexity index is 1060. The van der Waals surface area contributed by atoms with E-state index in [1.165, 1.54) is 18.3 Å². The molecule has 1 aromatic carbocycles. The van der Waals surface area contributed by atoms with Crippen molar-refractivity contribution < 1.29 is 9.90 Å². The van der Waals surface area contributed by atoms with E-state index in [1.807, 2.05) is 42.6 Å². The maximum atomic E-state index is 13.0. The predicted molar refractivity (Wildman–Crippen MR) is 115 cm³/mol. The topological polar surface area (TPSA) is 98.3 Å². The zero-order valence-electron chi connectivity index (χ0n) is 16.7. The predicted octanol–water partition coefficient (Wildman–Crippen LogP) is 2.03. The number of nitrogens with one attached hydrogen (secondary N) is 2. The van der Waals surface area contributed by atoms with Crippen LogP contribution in [0.5, 0.6) is 0 Å². The van der Waals surface area contributed by atoms with Gasteiger partial charge in [-0.15, -0.1) is 11.3 Å². The van der Waals surface area contributed by atoms with Crippen molar-refractivity contribution in [3.05, 3.63) is 86.2 Å². The first-order valence-electron chi connectivity index (χ1n) is 9.84. The molecule has 0 spiro atoms. The molecule has 1 fully saturated rings. The first kappa shape index (κ1) is 20.5. The summed E-state index contributed by atoms with van der Waals surface area (Å²) in [6.07, 6.45) is 1.14. The molecule has 2 aromatic heterocycles. The minimum Gasteiger partial charge on any atom is -0.389 e. The molecule has 7 nitrogen and oxygen atoms in total. The number of carbonyl (C=O) groups excluding carboxylic acids is 1. The van der Waals surface area contributed by atoms with Gasteiger partial charge in [0, 0.05) is 37.3 Å². The molecule has 2 atom stereocenters. The molecule has 4 rings (SSSR count). The van der Waals surface area contributed by atoms with Crippen molar-refractivity contribution >= 4 is 17.2 Å². The first-order valence-corrected chi connectivity index (χ1v) is 10.7. The van der Waals surface area contributed by atoms with Crippen LogP contribution in [-0.2, 0) is 12.1 Å². The molecule has 3 N–H and O–H groups in total. The van der Waals surface area contributed by atoms with Crippen LogP contribution in [0.2, 0.25) is 0 Å². The van der Waals surface area contributed by atoms with Crippen LogP contribution in [0.15, 0.2) is 58.8 Å². The van der Waals surface area contributed by atoms with Gasteiger partial charge in [-0.1, -0.05) is 30.3 Å². The summed E-state index contributed by atoms with van der Waals surface area (Å²) >= 11 is 1.61. The van der Waals surface area contributed by atoms with Crippen molar-refractivity contribution in [3.63, 3.8) is 0 Å². The Kier molecular flexibility index (Phi) is 5.80. The number of pyridine rings is 1. The molecule has 0 aliphatic carbocycles. The van der Waals surface area contributed by atoms with Crippen LogP contribution in [0.4, 0.5) is 0 Å². The lowest BCUT2D eigenvalue weighted by molar-refractivity contribution is -0.0183. The second kappa shape index (κ2) is 8.51. The van der Waals surface area contributed by atoms with Crippen LogP contribution in [-0.4, -0.2) is 45.1 Å². The second-order valence-corrected chi connectivity index (χ2v) is 8.65. The van der Waals surface area contributed by atoms with Gasteiger partial charge in [0.1, 0.15) is 0 Å². The summed E-state index contributed by atoms with van der Waals surface area (Å²) in [6, 6.07) is 12.4. The van der Waals surface area contributed by atoms with Crippen LogP contribution in [0.25, 0.3) is 0 Å². The van der Waals surface area contributed by atoms with Gasteiger partial charge in [-0.2, -0.15) is 0 Å². The molecule has 156 valence electrons. The fourth-order valence-electron chi connectivity index (χ4n) is 3.96. The average molecular weight is 425 g/mol. The molecule has 1 aliphatic heterocycles. The number of aromatic nitrogens is 2. The number of H-pyrrole nitrogens is 1. The lowest BCUT2D eigenvalue weighted by Crippen LogP contribution is -2.61. The summed E-state index contributed by atoms with van der Waals surface area (Å²) in [5.41, 5.74) is 1.02. The van der Waals surface area contributed by atoms with E-state index in [-0.39, 0.29) is 11.5 Å². The molecular weight excluding hydrogens is 400 g/mol. The third kappa shape index (κ3) is 4.21. The van der Waals surface area contributed by atoms with Gasteiger partial charge >= 0.3 is 0 Å². The minimum absolute atomic E-state index is 0.269. The van der Waals surface area contributed by atoms with E-state index in [4.69, 9.17) is 0 Å². The smallest absolute Gasteiger partial charge is 0.253 e. The molecule has 1 saturated heterocycles. The number of β-amino-alcohol motifs (C(OH)–C–C–N with tert-alkyl or cyclic N) is 1. The number of aryl methyl sites for hydroxylation is 1. The average Bonchev–Trinajstić information content (AvgIpc) is 3.16. The summed E-state index contributed by atoms with van der Waals surface area (Å²) in [5.74, 6) is -0.335. The number of thiazole rings is 1. The fourth-order valence-corrected chi connectivity index (χ4v) is 4.57. The first-order chi connectivity index (χ1) is 14.5. The normalized spacial score (nSPS) is 22.0. The lowest BCUT2D eigenvalue weighted by Gasteiger charge is -2.46. The van der Waals surface area contributed by atoms with Crippen molar-refractivity contribution in [3.8, 4) is 0 Å². The van der Waals surface area contributed by atoms with Crippen LogP contribution < -0.4 is 10.9 Å². The molecule has 30 heavy (non-hydrogen) atoms. The summed E-state index contributed by atoms with van der Waals surface area (Å²) in [5, 5.41) is 17.4. The van der Waals surface area contributed by atoms with Gasteiger partial charge in [0.25, 0.3) is 5.91 Å². The van der Waals surface area contributed by atoms with E-state index >= 15 is 0 Å². The maximum Gasteiger partial charge on any atom is 0.253 e. The summed E-state index contributed by atoms with van der Waals surface area (Å²) < 4.78 is 0. The molecule has 1 amide bonds. The van der Waals surface area contributed by atoms with Gasteiger partial charge in [0.05, 0.1) is 27.9 Å². The van der Waals surface area contributed by atoms with Gasteiger partial charge in [-0.25, -0.2) is 4.98 Å². The number of aromatic amines is 1. The SMILES string of the molecule is Cc1nc(CN2CC[C@@](NC(=O)c3ccc(=O)[nH]c3)(c3ccccc3)[C@H](O)C2)cs1. The Labute approximate surface area is 178 Å². The van der Waals surface area contributed by atoms with Gasteiger partial charge < -0.3 is 15.4 Å². The number of aliphatic hydroxyl groups excluding tert-OH is 1. The van der Waals surface area contributed by atoms with E-state index < -0.39 is 11.6 Å². The summed E-state index contributed by atoms with van der Waals surface area (Å²) in [7, 11) is 0. The van der Waals surface area contributed by atoms with E-state index in [9.17, 15) is 14.7 Å².